The molecule has 1 saturated heterocycles. The molecule has 0 atom stereocenters. The fourth-order valence-corrected chi connectivity index (χ4v) is 1.95. The zero-order valence-electron chi connectivity index (χ0n) is 10.7. The topological polar surface area (TPSA) is 38.7 Å². The third-order valence-electron chi connectivity index (χ3n) is 3.06. The highest BCUT2D eigenvalue weighted by Crippen LogP contribution is 2.21. The summed E-state index contributed by atoms with van der Waals surface area (Å²) in [5.41, 5.74) is 0.637. The van der Waals surface area contributed by atoms with E-state index < -0.39 is 0 Å². The van der Waals surface area contributed by atoms with Crippen molar-refractivity contribution >= 4 is 0 Å². The molecule has 0 bridgehead atoms. The van der Waals surface area contributed by atoms with Crippen molar-refractivity contribution < 1.29 is 19.0 Å². The van der Waals surface area contributed by atoms with Crippen molar-refractivity contribution in [2.24, 2.45) is 5.92 Å². The number of hydrogen-bond donors (Lipinski definition) is 1. The molecule has 1 heterocycles. The number of benzene rings is 1. The van der Waals surface area contributed by atoms with E-state index in [1.165, 1.54) is 6.07 Å². The maximum Gasteiger partial charge on any atom is 0.165 e. The first-order valence-corrected chi connectivity index (χ1v) is 6.39. The second kappa shape index (κ2) is 7.13. The molecule has 1 aliphatic heterocycles. The number of halogens is 1. The molecule has 0 aromatic heterocycles. The first-order valence-electron chi connectivity index (χ1n) is 6.39. The molecule has 1 aromatic rings. The minimum Gasteiger partial charge on any atom is -0.490 e. The molecule has 1 aliphatic rings. The molecule has 0 spiro atoms. The van der Waals surface area contributed by atoms with Gasteiger partial charge in [-0.1, -0.05) is 11.8 Å². The summed E-state index contributed by atoms with van der Waals surface area (Å²) in [6.07, 6.45) is 1.90. The quantitative estimate of drug-likeness (QED) is 0.848. The fraction of sp³-hybridized carbons (Fsp3) is 0.467. The highest BCUT2D eigenvalue weighted by molar-refractivity contribution is 5.40. The minimum atomic E-state index is -0.387. The van der Waals surface area contributed by atoms with Crippen molar-refractivity contribution in [3.63, 3.8) is 0 Å². The van der Waals surface area contributed by atoms with Gasteiger partial charge in [0.25, 0.3) is 0 Å². The van der Waals surface area contributed by atoms with Crippen molar-refractivity contribution in [1.82, 2.24) is 0 Å². The molecule has 4 heteroatoms. The van der Waals surface area contributed by atoms with E-state index >= 15 is 0 Å². The Bertz CT molecular complexity index is 470. The van der Waals surface area contributed by atoms with Crippen molar-refractivity contribution in [3.05, 3.63) is 29.6 Å². The van der Waals surface area contributed by atoms with Crippen LogP contribution in [0.2, 0.25) is 0 Å². The molecule has 1 fully saturated rings. The van der Waals surface area contributed by atoms with E-state index in [9.17, 15) is 4.39 Å². The summed E-state index contributed by atoms with van der Waals surface area (Å²) in [5.74, 6) is 5.51. The van der Waals surface area contributed by atoms with E-state index in [0.717, 1.165) is 26.1 Å². The van der Waals surface area contributed by atoms with Gasteiger partial charge in [-0.25, -0.2) is 4.39 Å². The van der Waals surface area contributed by atoms with Crippen LogP contribution in [0.1, 0.15) is 18.4 Å². The molecule has 2 rings (SSSR count). The SMILES string of the molecule is OCC#Cc1ccc(F)c(OCC2CCOCC2)c1. The van der Waals surface area contributed by atoms with Crippen LogP contribution in [-0.4, -0.2) is 31.5 Å². The summed E-state index contributed by atoms with van der Waals surface area (Å²) in [6, 6.07) is 4.47. The van der Waals surface area contributed by atoms with Crippen molar-refractivity contribution in [2.75, 3.05) is 26.4 Å². The summed E-state index contributed by atoms with van der Waals surface area (Å²) < 4.78 is 24.4. The number of aliphatic hydroxyl groups is 1. The molecule has 1 aromatic carbocycles. The Kier molecular flexibility index (Phi) is 5.20. The second-order valence-corrected chi connectivity index (χ2v) is 4.47. The average molecular weight is 264 g/mol. The van der Waals surface area contributed by atoms with Gasteiger partial charge in [0.05, 0.1) is 6.61 Å². The molecule has 102 valence electrons. The monoisotopic (exact) mass is 264 g/mol. The largest absolute Gasteiger partial charge is 0.490 e. The first kappa shape index (κ1) is 13.9. The number of aliphatic hydroxyl groups excluding tert-OH is 1. The zero-order valence-corrected chi connectivity index (χ0v) is 10.7. The molecule has 0 radical (unpaired) electrons. The van der Waals surface area contributed by atoms with Gasteiger partial charge in [0.1, 0.15) is 6.61 Å². The number of hydrogen-bond acceptors (Lipinski definition) is 3. The van der Waals surface area contributed by atoms with Gasteiger partial charge in [-0.2, -0.15) is 0 Å². The van der Waals surface area contributed by atoms with E-state index in [0.29, 0.717) is 18.1 Å². The number of rotatable bonds is 3. The maximum atomic E-state index is 13.6. The Labute approximate surface area is 112 Å². The molecular formula is C15H17FO3. The molecule has 0 aliphatic carbocycles. The van der Waals surface area contributed by atoms with Crippen LogP contribution < -0.4 is 4.74 Å². The molecule has 0 saturated carbocycles. The Hall–Kier alpha value is -1.57. The summed E-state index contributed by atoms with van der Waals surface area (Å²) >= 11 is 0. The van der Waals surface area contributed by atoms with E-state index in [1.807, 2.05) is 0 Å². The van der Waals surface area contributed by atoms with Gasteiger partial charge in [0.15, 0.2) is 11.6 Å². The summed E-state index contributed by atoms with van der Waals surface area (Å²) in [7, 11) is 0. The van der Waals surface area contributed by atoms with Gasteiger partial charge in [-0.15, -0.1) is 0 Å². The van der Waals surface area contributed by atoms with Crippen LogP contribution in [0.15, 0.2) is 18.2 Å². The molecule has 1 N–H and O–H groups in total. The lowest BCUT2D eigenvalue weighted by molar-refractivity contribution is 0.0491. The normalized spacial score (nSPS) is 15.7. The van der Waals surface area contributed by atoms with Crippen molar-refractivity contribution in [2.45, 2.75) is 12.8 Å². The van der Waals surface area contributed by atoms with Crippen molar-refractivity contribution in [3.8, 4) is 17.6 Å². The highest BCUT2D eigenvalue weighted by Gasteiger charge is 2.15. The fourth-order valence-electron chi connectivity index (χ4n) is 1.95. The third kappa shape index (κ3) is 4.23. The lowest BCUT2D eigenvalue weighted by Crippen LogP contribution is -2.21. The minimum absolute atomic E-state index is 0.213. The predicted molar refractivity (Wildman–Crippen MR) is 69.4 cm³/mol. The van der Waals surface area contributed by atoms with E-state index in [2.05, 4.69) is 11.8 Å². The maximum absolute atomic E-state index is 13.6. The van der Waals surface area contributed by atoms with Gasteiger partial charge in [0.2, 0.25) is 0 Å². The van der Waals surface area contributed by atoms with Crippen LogP contribution >= 0.6 is 0 Å². The number of ether oxygens (including phenoxy) is 2. The molecule has 0 unspecified atom stereocenters. The van der Waals surface area contributed by atoms with Gasteiger partial charge < -0.3 is 14.6 Å². The standard InChI is InChI=1S/C15H17FO3/c16-14-4-3-12(2-1-7-17)10-15(14)19-11-13-5-8-18-9-6-13/h3-4,10,13,17H,5-9,11H2. The van der Waals surface area contributed by atoms with Crippen LogP contribution in [0, 0.1) is 23.6 Å². The Balaban J connectivity index is 1.98. The first-order chi connectivity index (χ1) is 9.29. The second-order valence-electron chi connectivity index (χ2n) is 4.47. The van der Waals surface area contributed by atoms with Crippen LogP contribution in [0.5, 0.6) is 5.75 Å². The van der Waals surface area contributed by atoms with E-state index in [4.69, 9.17) is 14.6 Å². The third-order valence-corrected chi connectivity index (χ3v) is 3.06. The van der Waals surface area contributed by atoms with Crippen LogP contribution in [0.4, 0.5) is 4.39 Å². The summed E-state index contributed by atoms with van der Waals surface area (Å²) in [4.78, 5) is 0. The molecule has 0 amide bonds. The smallest absolute Gasteiger partial charge is 0.165 e. The summed E-state index contributed by atoms with van der Waals surface area (Å²) in [6.45, 7) is 1.78. The van der Waals surface area contributed by atoms with E-state index in [1.54, 1.807) is 12.1 Å². The highest BCUT2D eigenvalue weighted by atomic mass is 19.1. The van der Waals surface area contributed by atoms with Crippen molar-refractivity contribution in [1.29, 1.82) is 0 Å². The van der Waals surface area contributed by atoms with Gasteiger partial charge in [0, 0.05) is 18.8 Å². The predicted octanol–water partition coefficient (Wildman–Crippen LogP) is 1.97. The summed E-state index contributed by atoms with van der Waals surface area (Å²) in [5, 5.41) is 8.63. The Morgan fingerprint density at radius 3 is 2.89 bits per heavy atom. The zero-order chi connectivity index (χ0) is 13.5. The molecule has 19 heavy (non-hydrogen) atoms. The average Bonchev–Trinajstić information content (AvgIpc) is 2.46. The Morgan fingerprint density at radius 1 is 1.37 bits per heavy atom. The Morgan fingerprint density at radius 2 is 2.16 bits per heavy atom. The lowest BCUT2D eigenvalue weighted by Gasteiger charge is -2.22. The molecule has 3 nitrogen and oxygen atoms in total. The van der Waals surface area contributed by atoms with Gasteiger partial charge in [-0.05, 0) is 37.0 Å². The van der Waals surface area contributed by atoms with Gasteiger partial charge >= 0.3 is 0 Å². The van der Waals surface area contributed by atoms with Crippen LogP contribution in [0.3, 0.4) is 0 Å². The van der Waals surface area contributed by atoms with E-state index in [-0.39, 0.29) is 18.2 Å². The van der Waals surface area contributed by atoms with Gasteiger partial charge in [-0.3, -0.25) is 0 Å². The molecular weight excluding hydrogens is 247 g/mol. The van der Waals surface area contributed by atoms with Crippen LogP contribution in [-0.2, 0) is 4.74 Å². The van der Waals surface area contributed by atoms with Crippen LogP contribution in [0.25, 0.3) is 0 Å². The lowest BCUT2D eigenvalue weighted by atomic mass is 10.0.